The Morgan fingerprint density at radius 2 is 1.94 bits per heavy atom. The van der Waals surface area contributed by atoms with Gasteiger partial charge in [-0.1, -0.05) is 13.8 Å². The molecule has 0 atom stereocenters. The molecule has 0 heterocycles. The Bertz CT molecular complexity index is 194. The summed E-state index contributed by atoms with van der Waals surface area (Å²) in [4.78, 5) is 14.0. The molecule has 0 rings (SSSR count). The monoisotopic (exact) mass is 244 g/mol. The molecular formula is C13H28N2O2. The zero-order valence-electron chi connectivity index (χ0n) is 11.6. The van der Waals surface area contributed by atoms with Crippen LogP contribution in [-0.2, 0) is 9.53 Å². The van der Waals surface area contributed by atoms with Crippen molar-refractivity contribution in [3.05, 3.63) is 0 Å². The number of rotatable bonds is 10. The number of nitrogens with zero attached hydrogens (tertiary/aromatic N) is 1. The highest BCUT2D eigenvalue weighted by molar-refractivity contribution is 5.76. The van der Waals surface area contributed by atoms with Gasteiger partial charge in [0.25, 0.3) is 0 Å². The lowest BCUT2D eigenvalue weighted by atomic mass is 10.1. The number of ether oxygens (including phenoxy) is 1. The lowest BCUT2D eigenvalue weighted by molar-refractivity contribution is -0.134. The zero-order chi connectivity index (χ0) is 13.1. The normalized spacial score (nSPS) is 10.9. The molecule has 0 unspecified atom stereocenters. The second-order valence-electron chi connectivity index (χ2n) is 4.15. The minimum absolute atomic E-state index is 0.212. The van der Waals surface area contributed by atoms with Crippen molar-refractivity contribution in [2.24, 2.45) is 5.73 Å². The van der Waals surface area contributed by atoms with E-state index in [0.29, 0.717) is 38.8 Å². The van der Waals surface area contributed by atoms with Crippen LogP contribution in [0.1, 0.15) is 46.5 Å². The molecular weight excluding hydrogens is 216 g/mol. The summed E-state index contributed by atoms with van der Waals surface area (Å²) in [6, 6.07) is 0.332. The van der Waals surface area contributed by atoms with E-state index in [-0.39, 0.29) is 5.91 Å². The maximum atomic E-state index is 12.1. The van der Waals surface area contributed by atoms with E-state index in [4.69, 9.17) is 10.5 Å². The number of hydrogen-bond donors (Lipinski definition) is 1. The molecule has 102 valence electrons. The van der Waals surface area contributed by atoms with Crippen molar-refractivity contribution in [3.63, 3.8) is 0 Å². The number of nitrogens with two attached hydrogens (primary N) is 1. The molecule has 17 heavy (non-hydrogen) atoms. The third kappa shape index (κ3) is 6.64. The minimum atomic E-state index is 0.212. The fraction of sp³-hybridized carbons (Fsp3) is 0.923. The predicted molar refractivity (Wildman–Crippen MR) is 70.9 cm³/mol. The maximum Gasteiger partial charge on any atom is 0.222 e. The Kier molecular flexibility index (Phi) is 10.2. The summed E-state index contributed by atoms with van der Waals surface area (Å²) in [6.45, 7) is 8.78. The molecule has 0 aliphatic heterocycles. The van der Waals surface area contributed by atoms with Crippen LogP contribution in [0.4, 0.5) is 0 Å². The summed E-state index contributed by atoms with van der Waals surface area (Å²) in [5, 5.41) is 0. The molecule has 1 amide bonds. The van der Waals surface area contributed by atoms with Crippen molar-refractivity contribution in [2.45, 2.75) is 52.5 Å². The van der Waals surface area contributed by atoms with E-state index >= 15 is 0 Å². The van der Waals surface area contributed by atoms with Gasteiger partial charge in [-0.05, 0) is 26.2 Å². The van der Waals surface area contributed by atoms with Crippen LogP contribution in [0.15, 0.2) is 0 Å². The summed E-state index contributed by atoms with van der Waals surface area (Å²) in [6.07, 6.45) is 3.35. The molecule has 0 aliphatic rings. The first-order valence-electron chi connectivity index (χ1n) is 6.78. The highest BCUT2D eigenvalue weighted by Crippen LogP contribution is 2.10. The van der Waals surface area contributed by atoms with Gasteiger partial charge in [-0.15, -0.1) is 0 Å². The summed E-state index contributed by atoms with van der Waals surface area (Å²) in [7, 11) is 0. The van der Waals surface area contributed by atoms with Gasteiger partial charge in [0, 0.05) is 38.8 Å². The van der Waals surface area contributed by atoms with E-state index in [1.54, 1.807) is 0 Å². The Balaban J connectivity index is 4.13. The molecule has 0 bridgehead atoms. The average Bonchev–Trinajstić information content (AvgIpc) is 2.34. The van der Waals surface area contributed by atoms with E-state index in [2.05, 4.69) is 13.8 Å². The first kappa shape index (κ1) is 16.4. The first-order chi connectivity index (χ1) is 8.21. The van der Waals surface area contributed by atoms with Crippen molar-refractivity contribution in [1.29, 1.82) is 0 Å². The Morgan fingerprint density at radius 3 is 2.41 bits per heavy atom. The highest BCUT2D eigenvalue weighted by atomic mass is 16.5. The fourth-order valence-electron chi connectivity index (χ4n) is 1.99. The molecule has 0 fully saturated rings. The SMILES string of the molecule is CCOCCCC(=O)N(CCN)C(CC)CC. The molecule has 4 heteroatoms. The van der Waals surface area contributed by atoms with Crippen LogP contribution < -0.4 is 5.73 Å². The zero-order valence-corrected chi connectivity index (χ0v) is 11.6. The van der Waals surface area contributed by atoms with Gasteiger partial charge >= 0.3 is 0 Å². The van der Waals surface area contributed by atoms with Crippen molar-refractivity contribution >= 4 is 5.91 Å². The summed E-state index contributed by atoms with van der Waals surface area (Å²) >= 11 is 0. The van der Waals surface area contributed by atoms with Crippen LogP contribution in [0.5, 0.6) is 0 Å². The third-order valence-electron chi connectivity index (χ3n) is 2.96. The molecule has 0 spiro atoms. The van der Waals surface area contributed by atoms with Crippen LogP contribution in [0.25, 0.3) is 0 Å². The number of hydrogen-bond acceptors (Lipinski definition) is 3. The van der Waals surface area contributed by atoms with Crippen LogP contribution >= 0.6 is 0 Å². The molecule has 0 aliphatic carbocycles. The number of amides is 1. The summed E-state index contributed by atoms with van der Waals surface area (Å²) < 4.78 is 5.24. The second-order valence-corrected chi connectivity index (χ2v) is 4.15. The second kappa shape index (κ2) is 10.5. The number of carbonyl (C=O) groups is 1. The van der Waals surface area contributed by atoms with Crippen molar-refractivity contribution < 1.29 is 9.53 Å². The molecule has 0 aromatic rings. The number of carbonyl (C=O) groups excluding carboxylic acids is 1. The van der Waals surface area contributed by atoms with E-state index < -0.39 is 0 Å². The van der Waals surface area contributed by atoms with E-state index in [0.717, 1.165) is 19.3 Å². The summed E-state index contributed by atoms with van der Waals surface area (Å²) in [5.41, 5.74) is 5.57. The van der Waals surface area contributed by atoms with Gasteiger partial charge in [0.15, 0.2) is 0 Å². The molecule has 0 saturated heterocycles. The van der Waals surface area contributed by atoms with Gasteiger partial charge in [0.1, 0.15) is 0 Å². The standard InChI is InChI=1S/C13H28N2O2/c1-4-12(5-2)15(10-9-14)13(16)8-7-11-17-6-3/h12H,4-11,14H2,1-3H3. The average molecular weight is 244 g/mol. The maximum absolute atomic E-state index is 12.1. The lowest BCUT2D eigenvalue weighted by Gasteiger charge is -2.30. The predicted octanol–water partition coefficient (Wildman–Crippen LogP) is 1.78. The molecule has 0 aromatic carbocycles. The fourth-order valence-corrected chi connectivity index (χ4v) is 1.99. The van der Waals surface area contributed by atoms with Crippen molar-refractivity contribution in [3.8, 4) is 0 Å². The smallest absolute Gasteiger partial charge is 0.222 e. The van der Waals surface area contributed by atoms with Crippen LogP contribution in [0, 0.1) is 0 Å². The molecule has 2 N–H and O–H groups in total. The highest BCUT2D eigenvalue weighted by Gasteiger charge is 2.19. The van der Waals surface area contributed by atoms with Gasteiger partial charge in [-0.2, -0.15) is 0 Å². The van der Waals surface area contributed by atoms with E-state index in [9.17, 15) is 4.79 Å². The van der Waals surface area contributed by atoms with Crippen LogP contribution in [0.3, 0.4) is 0 Å². The Hall–Kier alpha value is -0.610. The molecule has 0 radical (unpaired) electrons. The quantitative estimate of drug-likeness (QED) is 0.596. The Labute approximate surface area is 105 Å². The molecule has 0 saturated carbocycles. The van der Waals surface area contributed by atoms with Gasteiger partial charge in [0.2, 0.25) is 5.91 Å². The Morgan fingerprint density at radius 1 is 1.29 bits per heavy atom. The minimum Gasteiger partial charge on any atom is -0.382 e. The van der Waals surface area contributed by atoms with Gasteiger partial charge in [0.05, 0.1) is 0 Å². The molecule has 4 nitrogen and oxygen atoms in total. The van der Waals surface area contributed by atoms with Gasteiger partial charge in [-0.3, -0.25) is 4.79 Å². The van der Waals surface area contributed by atoms with Crippen LogP contribution in [-0.4, -0.2) is 43.2 Å². The first-order valence-corrected chi connectivity index (χ1v) is 6.78. The van der Waals surface area contributed by atoms with Gasteiger partial charge in [-0.25, -0.2) is 0 Å². The third-order valence-corrected chi connectivity index (χ3v) is 2.96. The summed E-state index contributed by atoms with van der Waals surface area (Å²) in [5.74, 6) is 0.212. The van der Waals surface area contributed by atoms with Crippen molar-refractivity contribution in [2.75, 3.05) is 26.3 Å². The largest absolute Gasteiger partial charge is 0.382 e. The van der Waals surface area contributed by atoms with E-state index in [1.807, 2.05) is 11.8 Å². The molecule has 0 aromatic heterocycles. The van der Waals surface area contributed by atoms with Gasteiger partial charge < -0.3 is 15.4 Å². The van der Waals surface area contributed by atoms with Crippen LogP contribution in [0.2, 0.25) is 0 Å². The van der Waals surface area contributed by atoms with Crippen molar-refractivity contribution in [1.82, 2.24) is 4.90 Å². The lowest BCUT2D eigenvalue weighted by Crippen LogP contribution is -2.42. The van der Waals surface area contributed by atoms with E-state index in [1.165, 1.54) is 0 Å². The topological polar surface area (TPSA) is 55.6 Å².